The largest absolute Gasteiger partial charge is 0.352 e. The molecule has 0 fully saturated rings. The summed E-state index contributed by atoms with van der Waals surface area (Å²) >= 11 is 0. The molecule has 0 saturated carbocycles. The fourth-order valence-electron chi connectivity index (χ4n) is 3.38. The van der Waals surface area contributed by atoms with E-state index in [1.165, 1.54) is 5.56 Å². The lowest BCUT2D eigenvalue weighted by Gasteiger charge is -2.18. The van der Waals surface area contributed by atoms with Crippen molar-refractivity contribution >= 4 is 5.91 Å². The zero-order valence-electron chi connectivity index (χ0n) is 16.6. The van der Waals surface area contributed by atoms with E-state index in [4.69, 9.17) is 0 Å². The van der Waals surface area contributed by atoms with Crippen molar-refractivity contribution in [2.45, 2.75) is 25.4 Å². The van der Waals surface area contributed by atoms with E-state index in [9.17, 15) is 4.79 Å². The lowest BCUT2D eigenvalue weighted by Crippen LogP contribution is -2.25. The molecule has 3 rings (SSSR count). The summed E-state index contributed by atoms with van der Waals surface area (Å²) < 4.78 is 0. The molecule has 28 heavy (non-hydrogen) atoms. The summed E-state index contributed by atoms with van der Waals surface area (Å²) in [7, 11) is 4.12. The number of carbonyl (C=O) groups excluding carboxylic acids is 1. The summed E-state index contributed by atoms with van der Waals surface area (Å²) in [6, 6.07) is 28.9. The molecule has 0 aliphatic rings. The Hall–Kier alpha value is -2.91. The molecule has 0 unspecified atom stereocenters. The van der Waals surface area contributed by atoms with Gasteiger partial charge in [-0.15, -0.1) is 0 Å². The summed E-state index contributed by atoms with van der Waals surface area (Å²) in [6.07, 6.45) is 0.437. The molecule has 0 radical (unpaired) electrons. The van der Waals surface area contributed by atoms with Crippen LogP contribution in [0.1, 0.15) is 34.6 Å². The third-order valence-electron chi connectivity index (χ3n) is 4.80. The van der Waals surface area contributed by atoms with Gasteiger partial charge in [-0.2, -0.15) is 0 Å². The van der Waals surface area contributed by atoms with Crippen molar-refractivity contribution in [3.05, 3.63) is 107 Å². The Bertz CT molecular complexity index is 819. The van der Waals surface area contributed by atoms with Crippen LogP contribution in [0.4, 0.5) is 0 Å². The monoisotopic (exact) mass is 372 g/mol. The highest BCUT2D eigenvalue weighted by Gasteiger charge is 2.17. The molecule has 3 nitrogen and oxygen atoms in total. The van der Waals surface area contributed by atoms with Crippen LogP contribution in [0, 0.1) is 0 Å². The van der Waals surface area contributed by atoms with E-state index >= 15 is 0 Å². The zero-order chi connectivity index (χ0) is 19.8. The van der Waals surface area contributed by atoms with Crippen LogP contribution in [0.15, 0.2) is 84.9 Å². The van der Waals surface area contributed by atoms with Crippen LogP contribution in [0.5, 0.6) is 0 Å². The molecule has 0 bridgehead atoms. The summed E-state index contributed by atoms with van der Waals surface area (Å²) in [4.78, 5) is 14.8. The number of benzene rings is 3. The van der Waals surface area contributed by atoms with Gasteiger partial charge in [-0.25, -0.2) is 0 Å². The normalized spacial score (nSPS) is 11.0. The van der Waals surface area contributed by atoms with Gasteiger partial charge in [0.25, 0.3) is 0 Å². The Balaban J connectivity index is 1.63. The Labute approximate surface area is 168 Å². The molecule has 1 amide bonds. The maximum atomic E-state index is 12.7. The number of rotatable bonds is 8. The number of hydrogen-bond donors (Lipinski definition) is 1. The van der Waals surface area contributed by atoms with Crippen molar-refractivity contribution in [2.24, 2.45) is 0 Å². The topological polar surface area (TPSA) is 32.3 Å². The summed E-state index contributed by atoms with van der Waals surface area (Å²) in [5.41, 5.74) is 4.72. The lowest BCUT2D eigenvalue weighted by atomic mass is 9.88. The second-order valence-electron chi connectivity index (χ2n) is 7.41. The van der Waals surface area contributed by atoms with E-state index in [0.717, 1.165) is 23.2 Å². The molecule has 1 N–H and O–H groups in total. The Morgan fingerprint density at radius 2 is 1.29 bits per heavy atom. The molecule has 0 aromatic heterocycles. The van der Waals surface area contributed by atoms with Crippen LogP contribution >= 0.6 is 0 Å². The molecule has 0 spiro atoms. The van der Waals surface area contributed by atoms with E-state index in [-0.39, 0.29) is 11.8 Å². The van der Waals surface area contributed by atoms with Crippen LogP contribution < -0.4 is 5.32 Å². The molecular formula is C25H28N2O. The highest BCUT2D eigenvalue weighted by Crippen LogP contribution is 2.27. The SMILES string of the molecule is CN(C)Cc1ccc(CNC(=O)CC(c2ccccc2)c2ccccc2)cc1. The molecular weight excluding hydrogens is 344 g/mol. The Kier molecular flexibility index (Phi) is 6.99. The zero-order valence-corrected chi connectivity index (χ0v) is 16.6. The number of carbonyl (C=O) groups is 1. The van der Waals surface area contributed by atoms with Gasteiger partial charge in [-0.1, -0.05) is 84.9 Å². The van der Waals surface area contributed by atoms with Crippen LogP contribution in [0.25, 0.3) is 0 Å². The van der Waals surface area contributed by atoms with Gasteiger partial charge in [0.15, 0.2) is 0 Å². The van der Waals surface area contributed by atoms with Gasteiger partial charge in [-0.3, -0.25) is 4.79 Å². The van der Waals surface area contributed by atoms with Crippen molar-refractivity contribution in [1.29, 1.82) is 0 Å². The third kappa shape index (κ3) is 5.80. The maximum absolute atomic E-state index is 12.7. The molecule has 0 saturated heterocycles. The predicted molar refractivity (Wildman–Crippen MR) is 115 cm³/mol. The van der Waals surface area contributed by atoms with Crippen molar-refractivity contribution in [3.63, 3.8) is 0 Å². The summed E-state index contributed by atoms with van der Waals surface area (Å²) in [6.45, 7) is 1.47. The van der Waals surface area contributed by atoms with Gasteiger partial charge < -0.3 is 10.2 Å². The first-order chi connectivity index (χ1) is 13.6. The van der Waals surface area contributed by atoms with Crippen LogP contribution in [-0.2, 0) is 17.9 Å². The van der Waals surface area contributed by atoms with Crippen molar-refractivity contribution in [2.75, 3.05) is 14.1 Å². The van der Waals surface area contributed by atoms with Gasteiger partial charge >= 0.3 is 0 Å². The van der Waals surface area contributed by atoms with Crippen molar-refractivity contribution in [1.82, 2.24) is 10.2 Å². The Morgan fingerprint density at radius 3 is 1.79 bits per heavy atom. The van der Waals surface area contributed by atoms with Gasteiger partial charge in [0.1, 0.15) is 0 Å². The number of hydrogen-bond acceptors (Lipinski definition) is 2. The summed E-state index contributed by atoms with van der Waals surface area (Å²) in [5.74, 6) is 0.125. The first kappa shape index (κ1) is 19.8. The van der Waals surface area contributed by atoms with Crippen LogP contribution in [0.3, 0.4) is 0 Å². The summed E-state index contributed by atoms with van der Waals surface area (Å²) in [5, 5.41) is 3.08. The number of nitrogens with zero attached hydrogens (tertiary/aromatic N) is 1. The van der Waals surface area contributed by atoms with E-state index < -0.39 is 0 Å². The first-order valence-electron chi connectivity index (χ1n) is 9.71. The van der Waals surface area contributed by atoms with Crippen molar-refractivity contribution in [3.8, 4) is 0 Å². The molecule has 144 valence electrons. The van der Waals surface area contributed by atoms with Crippen LogP contribution in [0.2, 0.25) is 0 Å². The average molecular weight is 373 g/mol. The second kappa shape index (κ2) is 9.86. The van der Waals surface area contributed by atoms with E-state index in [2.05, 4.69) is 72.8 Å². The second-order valence-corrected chi connectivity index (χ2v) is 7.41. The van der Waals surface area contributed by atoms with E-state index in [1.807, 2.05) is 36.4 Å². The Morgan fingerprint density at radius 1 is 0.786 bits per heavy atom. The quantitative estimate of drug-likeness (QED) is 0.627. The van der Waals surface area contributed by atoms with E-state index in [0.29, 0.717) is 13.0 Å². The minimum Gasteiger partial charge on any atom is -0.352 e. The average Bonchev–Trinajstić information content (AvgIpc) is 2.72. The smallest absolute Gasteiger partial charge is 0.221 e. The van der Waals surface area contributed by atoms with Gasteiger partial charge in [-0.05, 0) is 36.3 Å². The van der Waals surface area contributed by atoms with E-state index in [1.54, 1.807) is 0 Å². The molecule has 0 heterocycles. The first-order valence-corrected chi connectivity index (χ1v) is 9.71. The molecule has 3 heteroatoms. The van der Waals surface area contributed by atoms with Gasteiger partial charge in [0.2, 0.25) is 5.91 Å². The molecule has 3 aromatic carbocycles. The number of nitrogens with one attached hydrogen (secondary N) is 1. The molecule has 0 aliphatic heterocycles. The highest BCUT2D eigenvalue weighted by atomic mass is 16.1. The van der Waals surface area contributed by atoms with Gasteiger partial charge in [0, 0.05) is 25.4 Å². The molecule has 0 aliphatic carbocycles. The fourth-order valence-corrected chi connectivity index (χ4v) is 3.38. The van der Waals surface area contributed by atoms with Crippen LogP contribution in [-0.4, -0.2) is 24.9 Å². The predicted octanol–water partition coefficient (Wildman–Crippen LogP) is 4.59. The standard InChI is InChI=1S/C25H28N2O/c1-27(2)19-21-15-13-20(14-16-21)18-26-25(28)17-24(22-9-5-3-6-10-22)23-11-7-4-8-12-23/h3-16,24H,17-19H2,1-2H3,(H,26,28). The minimum absolute atomic E-state index is 0.0601. The fraction of sp³-hybridized carbons (Fsp3) is 0.240. The minimum atomic E-state index is 0.0601. The van der Waals surface area contributed by atoms with Gasteiger partial charge in [0.05, 0.1) is 0 Å². The lowest BCUT2D eigenvalue weighted by molar-refractivity contribution is -0.121. The molecule has 0 atom stereocenters. The number of amides is 1. The molecule has 3 aromatic rings. The highest BCUT2D eigenvalue weighted by molar-refractivity contribution is 5.77. The van der Waals surface area contributed by atoms with Crippen molar-refractivity contribution < 1.29 is 4.79 Å². The maximum Gasteiger partial charge on any atom is 0.221 e. The third-order valence-corrected chi connectivity index (χ3v) is 4.80.